The smallest absolute Gasteiger partial charge is 0.416 e. The molecule has 6 N–H and O–H groups in total. The van der Waals surface area contributed by atoms with Gasteiger partial charge in [-0.05, 0) is 24.1 Å². The topological polar surface area (TPSA) is 116 Å². The summed E-state index contributed by atoms with van der Waals surface area (Å²) in [6.07, 6.45) is -7.53. The van der Waals surface area contributed by atoms with E-state index in [0.717, 1.165) is 0 Å². The van der Waals surface area contributed by atoms with Gasteiger partial charge in [0.05, 0.1) is 12.6 Å². The summed E-state index contributed by atoms with van der Waals surface area (Å²) in [5, 5.41) is 29.0. The van der Waals surface area contributed by atoms with Crippen molar-refractivity contribution in [3.63, 3.8) is 0 Å². The quantitative estimate of drug-likeness (QED) is 0.491. The van der Waals surface area contributed by atoms with Crippen LogP contribution in [0.1, 0.15) is 5.56 Å². The van der Waals surface area contributed by atoms with Crippen molar-refractivity contribution in [2.24, 2.45) is 5.73 Å². The molecule has 1 aromatic carbocycles. The van der Waals surface area contributed by atoms with Crippen molar-refractivity contribution in [3.8, 4) is 11.5 Å². The van der Waals surface area contributed by atoms with E-state index < -0.39 is 36.5 Å². The minimum Gasteiger partial charge on any atom is -0.504 e. The molecule has 0 aliphatic rings. The molecule has 0 bridgehead atoms. The molecule has 0 saturated carbocycles. The van der Waals surface area contributed by atoms with Crippen molar-refractivity contribution in [3.05, 3.63) is 23.8 Å². The van der Waals surface area contributed by atoms with Gasteiger partial charge in [0.2, 0.25) is 5.91 Å². The van der Waals surface area contributed by atoms with Gasteiger partial charge in [0.15, 0.2) is 17.6 Å². The molecular formula is C12H15F3N2O4. The summed E-state index contributed by atoms with van der Waals surface area (Å²) in [6, 6.07) is 2.64. The number of aliphatic hydroxyl groups excluding tert-OH is 1. The van der Waals surface area contributed by atoms with Crippen LogP contribution < -0.4 is 11.1 Å². The molecule has 0 fully saturated rings. The number of benzene rings is 1. The fraction of sp³-hybridized carbons (Fsp3) is 0.417. The first-order valence-corrected chi connectivity index (χ1v) is 5.90. The van der Waals surface area contributed by atoms with Gasteiger partial charge in [0.1, 0.15) is 0 Å². The van der Waals surface area contributed by atoms with Crippen molar-refractivity contribution in [1.29, 1.82) is 0 Å². The summed E-state index contributed by atoms with van der Waals surface area (Å²) in [7, 11) is 0. The Labute approximate surface area is 118 Å². The molecule has 0 radical (unpaired) electrons. The number of amides is 1. The van der Waals surface area contributed by atoms with Gasteiger partial charge in [-0.2, -0.15) is 13.2 Å². The van der Waals surface area contributed by atoms with Crippen LogP contribution in [0.3, 0.4) is 0 Å². The average molecular weight is 308 g/mol. The van der Waals surface area contributed by atoms with Crippen molar-refractivity contribution >= 4 is 5.91 Å². The van der Waals surface area contributed by atoms with Crippen LogP contribution in [0.2, 0.25) is 0 Å². The number of nitrogens with one attached hydrogen (secondary N) is 1. The highest BCUT2D eigenvalue weighted by molar-refractivity contribution is 5.81. The summed E-state index contributed by atoms with van der Waals surface area (Å²) >= 11 is 0. The fourth-order valence-corrected chi connectivity index (χ4v) is 1.49. The first-order valence-electron chi connectivity index (χ1n) is 5.90. The Bertz CT molecular complexity index is 508. The predicted molar refractivity (Wildman–Crippen MR) is 66.5 cm³/mol. The number of rotatable bonds is 5. The SMILES string of the molecule is N[C@@H](Cc1ccc(O)c(O)c1)C(=O)NCC(O)C(F)(F)F. The van der Waals surface area contributed by atoms with E-state index in [0.29, 0.717) is 5.56 Å². The summed E-state index contributed by atoms with van der Waals surface area (Å²) in [5.74, 6) is -1.61. The number of halogens is 3. The number of hydrogen-bond donors (Lipinski definition) is 5. The second kappa shape index (κ2) is 6.64. The third-order valence-electron chi connectivity index (χ3n) is 2.68. The number of nitrogens with two attached hydrogens (primary N) is 1. The van der Waals surface area contributed by atoms with E-state index in [1.165, 1.54) is 18.2 Å². The standard InChI is InChI=1S/C12H15F3N2O4/c13-12(14,15)10(20)5-17-11(21)7(16)3-6-1-2-8(18)9(19)4-6/h1-2,4,7,10,18-20H,3,5,16H2,(H,17,21)/t7-,10?/m0/s1. The molecule has 1 rings (SSSR count). The number of alkyl halides is 3. The Hall–Kier alpha value is -2.00. The van der Waals surface area contributed by atoms with Crippen LogP contribution in [0.25, 0.3) is 0 Å². The summed E-state index contributed by atoms with van der Waals surface area (Å²) in [6.45, 7) is -0.989. The number of phenolic OH excluding ortho intramolecular Hbond substituents is 2. The van der Waals surface area contributed by atoms with Gasteiger partial charge in [-0.25, -0.2) is 0 Å². The monoisotopic (exact) mass is 308 g/mol. The lowest BCUT2D eigenvalue weighted by Gasteiger charge is -2.17. The summed E-state index contributed by atoms with van der Waals surface area (Å²) in [5.41, 5.74) is 5.93. The molecule has 1 aromatic rings. The second-order valence-electron chi connectivity index (χ2n) is 4.44. The van der Waals surface area contributed by atoms with Gasteiger partial charge in [-0.3, -0.25) is 4.79 Å². The molecule has 6 nitrogen and oxygen atoms in total. The Balaban J connectivity index is 2.53. The highest BCUT2D eigenvalue weighted by atomic mass is 19.4. The van der Waals surface area contributed by atoms with Gasteiger partial charge in [-0.15, -0.1) is 0 Å². The van der Waals surface area contributed by atoms with Gasteiger partial charge in [-0.1, -0.05) is 6.07 Å². The zero-order valence-electron chi connectivity index (χ0n) is 10.8. The van der Waals surface area contributed by atoms with Crippen LogP contribution in [-0.2, 0) is 11.2 Å². The molecule has 21 heavy (non-hydrogen) atoms. The number of carbonyl (C=O) groups is 1. The number of phenols is 2. The number of aliphatic hydroxyl groups is 1. The Morgan fingerprint density at radius 3 is 2.43 bits per heavy atom. The molecule has 0 spiro atoms. The molecule has 0 aliphatic carbocycles. The average Bonchev–Trinajstić information content (AvgIpc) is 2.38. The maximum atomic E-state index is 12.0. The third-order valence-corrected chi connectivity index (χ3v) is 2.68. The Kier molecular flexibility index (Phi) is 5.39. The number of carbonyl (C=O) groups excluding carboxylic acids is 1. The lowest BCUT2D eigenvalue weighted by atomic mass is 10.1. The zero-order chi connectivity index (χ0) is 16.2. The van der Waals surface area contributed by atoms with Crippen LogP contribution in [-0.4, -0.2) is 46.1 Å². The Morgan fingerprint density at radius 2 is 1.90 bits per heavy atom. The van der Waals surface area contributed by atoms with E-state index in [2.05, 4.69) is 0 Å². The lowest BCUT2D eigenvalue weighted by Crippen LogP contribution is -2.47. The zero-order valence-corrected chi connectivity index (χ0v) is 10.8. The van der Waals surface area contributed by atoms with Crippen LogP contribution >= 0.6 is 0 Å². The molecule has 1 amide bonds. The number of aromatic hydroxyl groups is 2. The molecule has 0 aromatic heterocycles. The van der Waals surface area contributed by atoms with E-state index in [9.17, 15) is 23.1 Å². The molecule has 118 valence electrons. The molecule has 0 aliphatic heterocycles. The van der Waals surface area contributed by atoms with E-state index in [1.807, 2.05) is 5.32 Å². The highest BCUT2D eigenvalue weighted by Crippen LogP contribution is 2.25. The van der Waals surface area contributed by atoms with E-state index >= 15 is 0 Å². The van der Waals surface area contributed by atoms with Crippen LogP contribution in [0.4, 0.5) is 13.2 Å². The van der Waals surface area contributed by atoms with Crippen molar-refractivity contribution in [1.82, 2.24) is 5.32 Å². The van der Waals surface area contributed by atoms with Crippen LogP contribution in [0.15, 0.2) is 18.2 Å². The molecule has 0 saturated heterocycles. The van der Waals surface area contributed by atoms with Gasteiger partial charge in [0.25, 0.3) is 0 Å². The molecule has 0 heterocycles. The van der Waals surface area contributed by atoms with E-state index in [4.69, 9.17) is 15.9 Å². The largest absolute Gasteiger partial charge is 0.504 e. The first kappa shape index (κ1) is 17.1. The Morgan fingerprint density at radius 1 is 1.29 bits per heavy atom. The third kappa shape index (κ3) is 5.12. The molecular weight excluding hydrogens is 293 g/mol. The normalized spacial score (nSPS) is 14.5. The van der Waals surface area contributed by atoms with Gasteiger partial charge < -0.3 is 26.4 Å². The lowest BCUT2D eigenvalue weighted by molar-refractivity contribution is -0.201. The minimum absolute atomic E-state index is 0.0538. The maximum Gasteiger partial charge on any atom is 0.416 e. The predicted octanol–water partition coefficient (Wildman–Crippen LogP) is 0.00700. The van der Waals surface area contributed by atoms with Crippen molar-refractivity contribution < 1.29 is 33.3 Å². The second-order valence-corrected chi connectivity index (χ2v) is 4.44. The highest BCUT2D eigenvalue weighted by Gasteiger charge is 2.38. The molecule has 2 atom stereocenters. The van der Waals surface area contributed by atoms with Crippen LogP contribution in [0, 0.1) is 0 Å². The summed E-state index contributed by atoms with van der Waals surface area (Å²) < 4.78 is 36.1. The van der Waals surface area contributed by atoms with Crippen LogP contribution in [0.5, 0.6) is 11.5 Å². The van der Waals surface area contributed by atoms with Crippen molar-refractivity contribution in [2.45, 2.75) is 24.7 Å². The summed E-state index contributed by atoms with van der Waals surface area (Å²) in [4.78, 5) is 11.5. The van der Waals surface area contributed by atoms with Gasteiger partial charge >= 0.3 is 6.18 Å². The first-order chi connectivity index (χ1) is 9.61. The maximum absolute atomic E-state index is 12.0. The fourth-order valence-electron chi connectivity index (χ4n) is 1.49. The van der Waals surface area contributed by atoms with E-state index in [-0.39, 0.29) is 12.2 Å². The van der Waals surface area contributed by atoms with E-state index in [1.54, 1.807) is 0 Å². The van der Waals surface area contributed by atoms with Crippen molar-refractivity contribution in [2.75, 3.05) is 6.54 Å². The minimum atomic E-state index is -4.82. The molecule has 9 heteroatoms. The number of hydrogen-bond acceptors (Lipinski definition) is 5. The van der Waals surface area contributed by atoms with Gasteiger partial charge in [0, 0.05) is 0 Å². The molecule has 1 unspecified atom stereocenters.